The summed E-state index contributed by atoms with van der Waals surface area (Å²) in [5.74, 6) is -0.333. The summed E-state index contributed by atoms with van der Waals surface area (Å²) < 4.78 is 50.5. The lowest BCUT2D eigenvalue weighted by Gasteiger charge is -2.12. The van der Waals surface area contributed by atoms with Gasteiger partial charge in [-0.05, 0) is 30.2 Å². The van der Waals surface area contributed by atoms with E-state index < -0.39 is 11.7 Å². The van der Waals surface area contributed by atoms with Crippen molar-refractivity contribution in [3.8, 4) is 0 Å². The van der Waals surface area contributed by atoms with Gasteiger partial charge in [-0.2, -0.15) is 13.2 Å². The highest BCUT2D eigenvalue weighted by Crippen LogP contribution is 2.31. The summed E-state index contributed by atoms with van der Waals surface area (Å²) >= 11 is 0. The number of benzene rings is 1. The van der Waals surface area contributed by atoms with E-state index in [1.54, 1.807) is 12.1 Å². The Kier molecular flexibility index (Phi) is 4.30. The third-order valence-corrected chi connectivity index (χ3v) is 2.89. The molecule has 21 heavy (non-hydrogen) atoms. The highest BCUT2D eigenvalue weighted by molar-refractivity contribution is 5.62. The number of hydrogen-bond acceptors (Lipinski definition) is 3. The SMILES string of the molecule is Nc1ncc(C(F)(F)F)cc1NCCc1ccc(F)cc1. The topological polar surface area (TPSA) is 50.9 Å². The summed E-state index contributed by atoms with van der Waals surface area (Å²) in [4.78, 5) is 3.53. The monoisotopic (exact) mass is 299 g/mol. The van der Waals surface area contributed by atoms with Crippen LogP contribution in [0.3, 0.4) is 0 Å². The van der Waals surface area contributed by atoms with Gasteiger partial charge in [-0.1, -0.05) is 12.1 Å². The fourth-order valence-corrected chi connectivity index (χ4v) is 1.76. The summed E-state index contributed by atoms with van der Waals surface area (Å²) in [7, 11) is 0. The Morgan fingerprint density at radius 2 is 1.81 bits per heavy atom. The molecule has 0 amide bonds. The standard InChI is InChI=1S/C14H13F4N3/c15-11-3-1-9(2-4-11)5-6-20-12-7-10(14(16,17)18)8-21-13(12)19/h1-4,7-8,20H,5-6H2,(H2,19,21). The van der Waals surface area contributed by atoms with Gasteiger partial charge in [-0.15, -0.1) is 0 Å². The van der Waals surface area contributed by atoms with Crippen LogP contribution in [0.1, 0.15) is 11.1 Å². The number of nitrogens with two attached hydrogens (primary N) is 1. The van der Waals surface area contributed by atoms with Crippen LogP contribution >= 0.6 is 0 Å². The Balaban J connectivity index is 2.01. The average Bonchev–Trinajstić information content (AvgIpc) is 2.42. The highest BCUT2D eigenvalue weighted by atomic mass is 19.4. The molecular formula is C14H13F4N3. The highest BCUT2D eigenvalue weighted by Gasteiger charge is 2.31. The van der Waals surface area contributed by atoms with Crippen molar-refractivity contribution in [2.75, 3.05) is 17.6 Å². The maximum absolute atomic E-state index is 12.7. The van der Waals surface area contributed by atoms with Crippen LogP contribution in [0.5, 0.6) is 0 Å². The van der Waals surface area contributed by atoms with E-state index in [1.807, 2.05) is 0 Å². The molecule has 0 aliphatic carbocycles. The van der Waals surface area contributed by atoms with Crippen molar-refractivity contribution >= 4 is 11.5 Å². The van der Waals surface area contributed by atoms with Crippen molar-refractivity contribution < 1.29 is 17.6 Å². The molecule has 2 rings (SSSR count). The van der Waals surface area contributed by atoms with E-state index in [2.05, 4.69) is 10.3 Å². The van der Waals surface area contributed by atoms with Crippen LogP contribution in [-0.4, -0.2) is 11.5 Å². The van der Waals surface area contributed by atoms with Gasteiger partial charge in [0.2, 0.25) is 0 Å². The van der Waals surface area contributed by atoms with Gasteiger partial charge >= 0.3 is 6.18 Å². The maximum Gasteiger partial charge on any atom is 0.417 e. The molecule has 0 aliphatic heterocycles. The van der Waals surface area contributed by atoms with Gasteiger partial charge in [0.05, 0.1) is 11.3 Å². The molecule has 0 bridgehead atoms. The van der Waals surface area contributed by atoms with Crippen LogP contribution in [0.25, 0.3) is 0 Å². The molecule has 0 spiro atoms. The van der Waals surface area contributed by atoms with Gasteiger partial charge in [0.1, 0.15) is 11.6 Å². The molecule has 0 fully saturated rings. The van der Waals surface area contributed by atoms with Gasteiger partial charge in [-0.3, -0.25) is 0 Å². The summed E-state index contributed by atoms with van der Waals surface area (Å²) in [6.07, 6.45) is -3.25. The number of nitrogens with zero attached hydrogens (tertiary/aromatic N) is 1. The first-order valence-corrected chi connectivity index (χ1v) is 6.17. The minimum absolute atomic E-state index is 0.00195. The predicted octanol–water partition coefficient (Wildman–Crippen LogP) is 3.48. The number of hydrogen-bond donors (Lipinski definition) is 2. The molecule has 1 aromatic heterocycles. The molecule has 1 aromatic carbocycles. The summed E-state index contributed by atoms with van der Waals surface area (Å²) in [6.45, 7) is 0.360. The van der Waals surface area contributed by atoms with Gasteiger partial charge in [-0.25, -0.2) is 9.37 Å². The van der Waals surface area contributed by atoms with E-state index in [1.165, 1.54) is 12.1 Å². The lowest BCUT2D eigenvalue weighted by Crippen LogP contribution is -2.11. The first kappa shape index (κ1) is 15.1. The van der Waals surface area contributed by atoms with Gasteiger partial charge in [0.25, 0.3) is 0 Å². The minimum Gasteiger partial charge on any atom is -0.382 e. The zero-order valence-corrected chi connectivity index (χ0v) is 10.9. The average molecular weight is 299 g/mol. The Hall–Kier alpha value is -2.31. The zero-order chi connectivity index (χ0) is 15.5. The molecule has 0 aliphatic rings. The third kappa shape index (κ3) is 4.08. The number of anilines is 2. The Labute approximate surface area is 118 Å². The van der Waals surface area contributed by atoms with Crippen LogP contribution in [0.2, 0.25) is 0 Å². The second-order valence-electron chi connectivity index (χ2n) is 4.46. The van der Waals surface area contributed by atoms with Crippen molar-refractivity contribution in [3.05, 3.63) is 53.5 Å². The number of halogens is 4. The maximum atomic E-state index is 12.7. The van der Waals surface area contributed by atoms with Crippen LogP contribution in [0.15, 0.2) is 36.5 Å². The first-order chi connectivity index (χ1) is 9.86. The summed E-state index contributed by atoms with van der Waals surface area (Å²) in [5, 5.41) is 2.81. The number of alkyl halides is 3. The lowest BCUT2D eigenvalue weighted by molar-refractivity contribution is -0.137. The molecule has 0 saturated carbocycles. The molecule has 0 atom stereocenters. The van der Waals surface area contributed by atoms with Crippen molar-refractivity contribution in [1.29, 1.82) is 0 Å². The van der Waals surface area contributed by atoms with Crippen molar-refractivity contribution in [2.24, 2.45) is 0 Å². The second-order valence-corrected chi connectivity index (χ2v) is 4.46. The molecule has 2 aromatic rings. The number of nitrogens with one attached hydrogen (secondary N) is 1. The minimum atomic E-state index is -4.46. The van der Waals surface area contributed by atoms with E-state index >= 15 is 0 Å². The normalized spacial score (nSPS) is 11.4. The van der Waals surface area contributed by atoms with Crippen molar-refractivity contribution in [1.82, 2.24) is 4.98 Å². The van der Waals surface area contributed by atoms with Crippen molar-refractivity contribution in [3.63, 3.8) is 0 Å². The molecule has 0 unspecified atom stereocenters. The van der Waals surface area contributed by atoms with Crippen LogP contribution in [0.4, 0.5) is 29.1 Å². The van der Waals surface area contributed by atoms with E-state index in [0.717, 1.165) is 11.6 Å². The molecule has 112 valence electrons. The Bertz CT molecular complexity index is 609. The fourth-order valence-electron chi connectivity index (χ4n) is 1.76. The molecule has 0 radical (unpaired) electrons. The number of rotatable bonds is 4. The van der Waals surface area contributed by atoms with Crippen LogP contribution in [-0.2, 0) is 12.6 Å². The number of nitrogen functional groups attached to an aromatic ring is 1. The first-order valence-electron chi connectivity index (χ1n) is 6.17. The number of aromatic nitrogens is 1. The van der Waals surface area contributed by atoms with E-state index in [-0.39, 0.29) is 17.3 Å². The quantitative estimate of drug-likeness (QED) is 0.850. The fraction of sp³-hybridized carbons (Fsp3) is 0.214. The summed E-state index contributed by atoms with van der Waals surface area (Å²) in [5.41, 5.74) is 5.68. The Morgan fingerprint density at radius 3 is 2.43 bits per heavy atom. The molecule has 1 heterocycles. The van der Waals surface area contributed by atoms with Crippen molar-refractivity contribution in [2.45, 2.75) is 12.6 Å². The number of pyridine rings is 1. The van der Waals surface area contributed by atoms with Gasteiger partial charge in [0.15, 0.2) is 0 Å². The smallest absolute Gasteiger partial charge is 0.382 e. The lowest BCUT2D eigenvalue weighted by atomic mass is 10.1. The largest absolute Gasteiger partial charge is 0.417 e. The molecular weight excluding hydrogens is 286 g/mol. The van der Waals surface area contributed by atoms with E-state index in [0.29, 0.717) is 19.2 Å². The predicted molar refractivity (Wildman–Crippen MR) is 72.2 cm³/mol. The second kappa shape index (κ2) is 5.99. The zero-order valence-electron chi connectivity index (χ0n) is 10.9. The van der Waals surface area contributed by atoms with Crippen LogP contribution in [0, 0.1) is 5.82 Å². The molecule has 3 N–H and O–H groups in total. The third-order valence-electron chi connectivity index (χ3n) is 2.89. The van der Waals surface area contributed by atoms with Gasteiger partial charge in [0, 0.05) is 12.7 Å². The molecule has 3 nitrogen and oxygen atoms in total. The van der Waals surface area contributed by atoms with E-state index in [9.17, 15) is 17.6 Å². The van der Waals surface area contributed by atoms with E-state index in [4.69, 9.17) is 5.73 Å². The Morgan fingerprint density at radius 1 is 1.14 bits per heavy atom. The molecule has 7 heteroatoms. The molecule has 0 saturated heterocycles. The van der Waals surface area contributed by atoms with Crippen LogP contribution < -0.4 is 11.1 Å². The van der Waals surface area contributed by atoms with Gasteiger partial charge < -0.3 is 11.1 Å². The summed E-state index contributed by atoms with van der Waals surface area (Å²) in [6, 6.07) is 6.81.